The van der Waals surface area contributed by atoms with Crippen LogP contribution in [0.3, 0.4) is 0 Å². The maximum Gasteiger partial charge on any atom is 0.266 e. The number of rotatable bonds is 4. The van der Waals surface area contributed by atoms with Crippen LogP contribution >= 0.6 is 23.2 Å². The molecule has 1 N–H and O–H groups in total. The van der Waals surface area contributed by atoms with Gasteiger partial charge in [0.2, 0.25) is 0 Å². The summed E-state index contributed by atoms with van der Waals surface area (Å²) in [6, 6.07) is 12.1. The number of halogens is 2. The Morgan fingerprint density at radius 2 is 1.67 bits per heavy atom. The van der Waals surface area contributed by atoms with Gasteiger partial charge in [-0.15, -0.1) is 0 Å². The van der Waals surface area contributed by atoms with Crippen molar-refractivity contribution < 1.29 is 14.7 Å². The van der Waals surface area contributed by atoms with Gasteiger partial charge in [-0.05, 0) is 29.3 Å². The van der Waals surface area contributed by atoms with Crippen molar-refractivity contribution in [2.45, 2.75) is 0 Å². The van der Waals surface area contributed by atoms with Crippen molar-refractivity contribution in [1.29, 1.82) is 5.26 Å². The van der Waals surface area contributed by atoms with E-state index in [0.29, 0.717) is 5.56 Å². The number of para-hydroxylation sites is 1. The minimum Gasteiger partial charge on any atom is -0.545 e. The van der Waals surface area contributed by atoms with Gasteiger partial charge < -0.3 is 15.2 Å². The van der Waals surface area contributed by atoms with E-state index in [1.165, 1.54) is 30.3 Å². The van der Waals surface area contributed by atoms with Crippen molar-refractivity contribution >= 4 is 46.8 Å². The van der Waals surface area contributed by atoms with E-state index in [1.807, 2.05) is 0 Å². The fourth-order valence-corrected chi connectivity index (χ4v) is 2.32. The monoisotopic (exact) mass is 359 g/mol. The molecule has 2 aromatic carbocycles. The van der Waals surface area contributed by atoms with Crippen LogP contribution in [0, 0.1) is 11.3 Å². The number of carbonyl (C=O) groups is 2. The van der Waals surface area contributed by atoms with Gasteiger partial charge in [0.15, 0.2) is 0 Å². The van der Waals surface area contributed by atoms with Gasteiger partial charge in [-0.25, -0.2) is 0 Å². The first-order valence-corrected chi connectivity index (χ1v) is 7.36. The van der Waals surface area contributed by atoms with Gasteiger partial charge in [-0.3, -0.25) is 4.79 Å². The van der Waals surface area contributed by atoms with Crippen LogP contribution in [0.5, 0.6) is 0 Å². The third-order valence-corrected chi connectivity index (χ3v) is 3.65. The second-order valence-corrected chi connectivity index (χ2v) is 5.44. The molecular formula is C17H9Cl2N2O3-. The number of nitriles is 1. The molecule has 5 nitrogen and oxygen atoms in total. The van der Waals surface area contributed by atoms with Gasteiger partial charge in [0, 0.05) is 0 Å². The first kappa shape index (κ1) is 17.5. The van der Waals surface area contributed by atoms with Crippen LogP contribution in [0.25, 0.3) is 6.08 Å². The second kappa shape index (κ2) is 7.64. The van der Waals surface area contributed by atoms with E-state index in [-0.39, 0.29) is 26.9 Å². The SMILES string of the molecule is N#C/C(=C\c1ccc(C(=O)[O-])cc1)C(=O)Nc1c(Cl)cccc1Cl. The maximum absolute atomic E-state index is 12.2. The minimum absolute atomic E-state index is 0.00189. The standard InChI is InChI=1S/C17H10Cl2N2O3/c18-13-2-1-3-14(19)15(13)21-16(22)12(9-20)8-10-4-6-11(7-5-10)17(23)24/h1-8H,(H,21,22)(H,23,24)/p-1/b12-8+. The molecule has 0 aromatic heterocycles. The zero-order valence-electron chi connectivity index (χ0n) is 12.0. The first-order chi connectivity index (χ1) is 11.4. The third-order valence-electron chi connectivity index (χ3n) is 3.02. The smallest absolute Gasteiger partial charge is 0.266 e. The molecule has 0 aliphatic carbocycles. The molecule has 0 saturated carbocycles. The summed E-state index contributed by atoms with van der Waals surface area (Å²) in [5.41, 5.74) is 0.501. The van der Waals surface area contributed by atoms with Crippen LogP contribution in [-0.2, 0) is 4.79 Å². The highest BCUT2D eigenvalue weighted by Gasteiger charge is 2.13. The van der Waals surface area contributed by atoms with Crippen LogP contribution in [0.2, 0.25) is 10.0 Å². The molecule has 0 atom stereocenters. The molecule has 0 saturated heterocycles. The lowest BCUT2D eigenvalue weighted by atomic mass is 10.1. The highest BCUT2D eigenvalue weighted by molar-refractivity contribution is 6.40. The Morgan fingerprint density at radius 3 is 2.17 bits per heavy atom. The van der Waals surface area contributed by atoms with Crippen molar-refractivity contribution in [1.82, 2.24) is 0 Å². The Kier molecular flexibility index (Phi) is 5.59. The van der Waals surface area contributed by atoms with Gasteiger partial charge in [0.25, 0.3) is 5.91 Å². The predicted octanol–water partition coefficient (Wildman–Crippen LogP) is 2.90. The average Bonchev–Trinajstić information content (AvgIpc) is 2.56. The molecular weight excluding hydrogens is 351 g/mol. The Hall–Kier alpha value is -2.81. The predicted molar refractivity (Wildman–Crippen MR) is 89.5 cm³/mol. The zero-order valence-corrected chi connectivity index (χ0v) is 13.6. The number of amides is 1. The summed E-state index contributed by atoms with van der Waals surface area (Å²) in [5, 5.41) is 22.8. The van der Waals surface area contributed by atoms with Gasteiger partial charge in [0.1, 0.15) is 11.6 Å². The molecule has 2 aromatic rings. The van der Waals surface area contributed by atoms with Crippen LogP contribution in [0.15, 0.2) is 48.0 Å². The van der Waals surface area contributed by atoms with Crippen LogP contribution in [0.4, 0.5) is 5.69 Å². The number of nitrogens with zero attached hydrogens (tertiary/aromatic N) is 1. The number of hydrogen-bond donors (Lipinski definition) is 1. The van der Waals surface area contributed by atoms with Crippen molar-refractivity contribution in [3.63, 3.8) is 0 Å². The molecule has 0 bridgehead atoms. The largest absolute Gasteiger partial charge is 0.545 e. The summed E-state index contributed by atoms with van der Waals surface area (Å²) in [7, 11) is 0. The molecule has 0 radical (unpaired) electrons. The molecule has 0 heterocycles. The summed E-state index contributed by atoms with van der Waals surface area (Å²) in [6.07, 6.45) is 1.32. The molecule has 0 unspecified atom stereocenters. The molecule has 0 fully saturated rings. The number of anilines is 1. The Labute approximate surface area is 147 Å². The highest BCUT2D eigenvalue weighted by Crippen LogP contribution is 2.30. The molecule has 120 valence electrons. The molecule has 0 aliphatic rings. The topological polar surface area (TPSA) is 93.0 Å². The summed E-state index contributed by atoms with van der Waals surface area (Å²) in [4.78, 5) is 22.9. The highest BCUT2D eigenvalue weighted by atomic mass is 35.5. The fourth-order valence-electron chi connectivity index (χ4n) is 1.83. The van der Waals surface area contributed by atoms with Gasteiger partial charge in [0.05, 0.1) is 21.7 Å². The van der Waals surface area contributed by atoms with E-state index in [2.05, 4.69) is 5.32 Å². The Morgan fingerprint density at radius 1 is 1.08 bits per heavy atom. The van der Waals surface area contributed by atoms with Crippen LogP contribution < -0.4 is 10.4 Å². The summed E-state index contributed by atoms with van der Waals surface area (Å²) >= 11 is 11.9. The average molecular weight is 360 g/mol. The molecule has 0 aliphatic heterocycles. The Bertz CT molecular complexity index is 848. The summed E-state index contributed by atoms with van der Waals surface area (Å²) < 4.78 is 0. The molecule has 0 spiro atoms. The minimum atomic E-state index is -1.31. The molecule has 2 rings (SSSR count). The first-order valence-electron chi connectivity index (χ1n) is 6.61. The van der Waals surface area contributed by atoms with Crippen molar-refractivity contribution in [2.75, 3.05) is 5.32 Å². The lowest BCUT2D eigenvalue weighted by molar-refractivity contribution is -0.255. The number of nitrogens with one attached hydrogen (secondary N) is 1. The number of aromatic carboxylic acids is 1. The number of carboxylic acids is 1. The van der Waals surface area contributed by atoms with E-state index >= 15 is 0 Å². The van der Waals surface area contributed by atoms with E-state index in [4.69, 9.17) is 28.5 Å². The number of carboxylic acid groups (broad SMARTS) is 1. The summed E-state index contributed by atoms with van der Waals surface area (Å²) in [5.74, 6) is -1.99. The maximum atomic E-state index is 12.2. The number of benzene rings is 2. The van der Waals surface area contributed by atoms with Gasteiger partial charge in [-0.1, -0.05) is 53.5 Å². The van der Waals surface area contributed by atoms with E-state index in [9.17, 15) is 14.7 Å². The number of hydrogen-bond acceptors (Lipinski definition) is 4. The Balaban J connectivity index is 2.26. The lowest BCUT2D eigenvalue weighted by Crippen LogP contribution is -2.21. The van der Waals surface area contributed by atoms with Crippen LogP contribution in [-0.4, -0.2) is 11.9 Å². The summed E-state index contributed by atoms with van der Waals surface area (Å²) in [6.45, 7) is 0. The molecule has 24 heavy (non-hydrogen) atoms. The van der Waals surface area contributed by atoms with E-state index in [0.717, 1.165) is 0 Å². The van der Waals surface area contributed by atoms with E-state index < -0.39 is 11.9 Å². The van der Waals surface area contributed by atoms with Crippen molar-refractivity contribution in [3.05, 3.63) is 69.2 Å². The van der Waals surface area contributed by atoms with Gasteiger partial charge >= 0.3 is 0 Å². The molecule has 1 amide bonds. The van der Waals surface area contributed by atoms with Crippen LogP contribution in [0.1, 0.15) is 15.9 Å². The third kappa shape index (κ3) is 4.13. The lowest BCUT2D eigenvalue weighted by Gasteiger charge is -2.08. The van der Waals surface area contributed by atoms with Crippen molar-refractivity contribution in [3.8, 4) is 6.07 Å². The van der Waals surface area contributed by atoms with Crippen molar-refractivity contribution in [2.24, 2.45) is 0 Å². The second-order valence-electron chi connectivity index (χ2n) is 4.63. The fraction of sp³-hybridized carbons (Fsp3) is 0. The zero-order chi connectivity index (χ0) is 17.7. The van der Waals surface area contributed by atoms with E-state index in [1.54, 1.807) is 24.3 Å². The number of carbonyl (C=O) groups excluding carboxylic acids is 2. The quantitative estimate of drug-likeness (QED) is 0.670. The molecule has 7 heteroatoms. The normalized spacial score (nSPS) is 10.8. The van der Waals surface area contributed by atoms with Gasteiger partial charge in [-0.2, -0.15) is 5.26 Å².